The number of benzene rings is 3. The number of fused-ring (bicyclic) bond motifs is 4. The molecule has 0 saturated carbocycles. The Bertz CT molecular complexity index is 1880. The summed E-state index contributed by atoms with van der Waals surface area (Å²) in [6.07, 6.45) is 7.46. The zero-order valence-corrected chi connectivity index (χ0v) is 32.4. The second-order valence-corrected chi connectivity index (χ2v) is 14.5. The predicted molar refractivity (Wildman–Crippen MR) is 193 cm³/mol. The van der Waals surface area contributed by atoms with E-state index in [-0.39, 0.29) is 54.7 Å². The first-order valence-corrected chi connectivity index (χ1v) is 17.4. The topological polar surface area (TPSA) is 63.1 Å². The Kier molecular flexibility index (Phi) is 13.4. The number of carbonyl (C=O) groups excluding carboxylic acids is 1. The predicted octanol–water partition coefficient (Wildman–Crippen LogP) is 11.7. The molecule has 0 aliphatic carbocycles. The van der Waals surface area contributed by atoms with Crippen molar-refractivity contribution in [2.24, 2.45) is 17.3 Å². The SMILES string of the molecule is CCC(CC)C(=O)/C=C(\O)C(CC)CC.Cc1c(F)c(-c2ncnc3c2sc2c(C)c(CC(C)(C)C)ccc23)[c-]c2ccccc12.[Ir]. The van der Waals surface area contributed by atoms with E-state index in [9.17, 15) is 9.90 Å². The fraction of sp³-hybridized carbons (Fsp3) is 0.425. The van der Waals surface area contributed by atoms with Crippen molar-refractivity contribution in [2.75, 3.05) is 0 Å². The number of ketones is 1. The van der Waals surface area contributed by atoms with Gasteiger partial charge in [-0.25, -0.2) is 4.98 Å². The molecule has 253 valence electrons. The number of hydrogen-bond acceptors (Lipinski definition) is 5. The van der Waals surface area contributed by atoms with Gasteiger partial charge in [-0.3, -0.25) is 14.2 Å². The smallest absolute Gasteiger partial charge is 0.162 e. The Labute approximate surface area is 297 Å². The van der Waals surface area contributed by atoms with Gasteiger partial charge in [-0.15, -0.1) is 28.9 Å². The largest absolute Gasteiger partial charge is 0.512 e. The summed E-state index contributed by atoms with van der Waals surface area (Å²) in [7, 11) is 0. The maximum absolute atomic E-state index is 15.4. The number of aromatic nitrogens is 2. The molecule has 0 unspecified atom stereocenters. The van der Waals surface area contributed by atoms with Crippen molar-refractivity contribution < 1.29 is 34.4 Å². The molecule has 5 rings (SSSR count). The monoisotopic (exact) mass is 832 g/mol. The third kappa shape index (κ3) is 8.54. The van der Waals surface area contributed by atoms with Crippen molar-refractivity contribution in [1.29, 1.82) is 0 Å². The van der Waals surface area contributed by atoms with Gasteiger partial charge in [0.25, 0.3) is 0 Å². The van der Waals surface area contributed by atoms with Crippen LogP contribution in [0.5, 0.6) is 0 Å². The Morgan fingerprint density at radius 2 is 1.55 bits per heavy atom. The van der Waals surface area contributed by atoms with Crippen molar-refractivity contribution in [3.63, 3.8) is 0 Å². The molecule has 0 aliphatic heterocycles. The van der Waals surface area contributed by atoms with Crippen LogP contribution in [-0.4, -0.2) is 20.9 Å². The Morgan fingerprint density at radius 3 is 2.17 bits per heavy atom. The molecular weight excluding hydrogens is 784 g/mol. The quantitative estimate of drug-likeness (QED) is 0.0913. The van der Waals surface area contributed by atoms with Gasteiger partial charge in [-0.1, -0.05) is 102 Å². The zero-order chi connectivity index (χ0) is 33.8. The third-order valence-corrected chi connectivity index (χ3v) is 10.3. The van der Waals surface area contributed by atoms with Gasteiger partial charge in [0.15, 0.2) is 5.78 Å². The van der Waals surface area contributed by atoms with Crippen LogP contribution >= 0.6 is 11.3 Å². The second kappa shape index (κ2) is 16.4. The Morgan fingerprint density at radius 1 is 0.915 bits per heavy atom. The minimum absolute atomic E-state index is 0. The Balaban J connectivity index is 0.000000322. The van der Waals surface area contributed by atoms with Crippen molar-refractivity contribution in [3.05, 3.63) is 83.1 Å². The van der Waals surface area contributed by atoms with Crippen molar-refractivity contribution in [2.45, 2.75) is 94.4 Å². The molecule has 1 radical (unpaired) electrons. The van der Waals surface area contributed by atoms with Crippen molar-refractivity contribution in [1.82, 2.24) is 9.97 Å². The summed E-state index contributed by atoms with van der Waals surface area (Å²) in [5.74, 6) is 0.285. The van der Waals surface area contributed by atoms with E-state index < -0.39 is 0 Å². The van der Waals surface area contributed by atoms with Gasteiger partial charge in [0.2, 0.25) is 0 Å². The molecule has 2 heterocycles. The molecule has 2 aromatic heterocycles. The molecule has 0 aliphatic rings. The van der Waals surface area contributed by atoms with Gasteiger partial charge in [0.05, 0.1) is 17.1 Å². The molecule has 0 amide bonds. The van der Waals surface area contributed by atoms with E-state index in [1.54, 1.807) is 17.7 Å². The van der Waals surface area contributed by atoms with Crippen LogP contribution in [0.4, 0.5) is 4.39 Å². The third-order valence-electron chi connectivity index (χ3n) is 8.96. The fourth-order valence-electron chi connectivity index (χ4n) is 6.11. The summed E-state index contributed by atoms with van der Waals surface area (Å²) in [6.45, 7) is 18.8. The molecule has 0 saturated heterocycles. The van der Waals surface area contributed by atoms with Gasteiger partial charge in [0, 0.05) is 58.5 Å². The van der Waals surface area contributed by atoms with Gasteiger partial charge >= 0.3 is 0 Å². The van der Waals surface area contributed by atoms with Crippen LogP contribution in [0.1, 0.15) is 90.8 Å². The molecule has 0 atom stereocenters. The number of rotatable bonds is 9. The number of halogens is 1. The standard InChI is InChI=1S/C27H24FN2S.C13H24O2.Ir/c1-15-18(13-27(3,4)5)10-11-20-23-26(31-25(15)20)24(30-14-29-23)21-12-17-8-6-7-9-19(17)16(2)22(21)28;1-5-10(6-2)12(14)9-13(15)11(7-3)8-4;/h6-11,14H,13H2,1-5H3;9-11,14H,5-8H2,1-4H3;/q-1;;/b;12-9-;. The molecule has 7 heteroatoms. The number of aliphatic hydroxyl groups is 1. The van der Waals surface area contributed by atoms with E-state index in [4.69, 9.17) is 0 Å². The normalized spacial score (nSPS) is 12.1. The minimum atomic E-state index is -0.263. The van der Waals surface area contributed by atoms with Crippen LogP contribution in [-0.2, 0) is 31.3 Å². The molecule has 0 bridgehead atoms. The molecule has 0 spiro atoms. The molecule has 47 heavy (non-hydrogen) atoms. The summed E-state index contributed by atoms with van der Waals surface area (Å²) in [5.41, 5.74) is 5.38. The number of aliphatic hydroxyl groups excluding tert-OH is 1. The van der Waals surface area contributed by atoms with E-state index in [1.807, 2.05) is 58.9 Å². The first-order chi connectivity index (χ1) is 21.8. The summed E-state index contributed by atoms with van der Waals surface area (Å²) < 4.78 is 17.6. The summed E-state index contributed by atoms with van der Waals surface area (Å²) >= 11 is 1.66. The summed E-state index contributed by atoms with van der Waals surface area (Å²) in [6, 6.07) is 15.4. The molecule has 1 N–H and O–H groups in total. The maximum Gasteiger partial charge on any atom is 0.162 e. The number of aryl methyl sites for hydroxylation is 2. The number of thiophene rings is 1. The van der Waals surface area contributed by atoms with E-state index in [0.717, 1.165) is 58.5 Å². The zero-order valence-electron chi connectivity index (χ0n) is 29.2. The van der Waals surface area contributed by atoms with E-state index >= 15 is 4.39 Å². The van der Waals surface area contributed by atoms with Crippen LogP contribution in [0.2, 0.25) is 0 Å². The minimum Gasteiger partial charge on any atom is -0.512 e. The molecule has 4 nitrogen and oxygen atoms in total. The van der Waals surface area contributed by atoms with Gasteiger partial charge < -0.3 is 5.11 Å². The van der Waals surface area contributed by atoms with Crippen LogP contribution in [0.3, 0.4) is 0 Å². The molecular formula is C40H48FIrN2O2S-. The fourth-order valence-corrected chi connectivity index (χ4v) is 7.39. The summed E-state index contributed by atoms with van der Waals surface area (Å²) in [5, 5.41) is 12.6. The van der Waals surface area contributed by atoms with E-state index in [1.165, 1.54) is 21.9 Å². The average molecular weight is 832 g/mol. The summed E-state index contributed by atoms with van der Waals surface area (Å²) in [4.78, 5) is 20.8. The van der Waals surface area contributed by atoms with E-state index in [0.29, 0.717) is 16.8 Å². The first-order valence-electron chi connectivity index (χ1n) is 16.5. The van der Waals surface area contributed by atoms with Crippen LogP contribution in [0.15, 0.2) is 54.6 Å². The van der Waals surface area contributed by atoms with Crippen LogP contribution in [0, 0.1) is 43.0 Å². The number of allylic oxidation sites excluding steroid dienone is 2. The van der Waals surface area contributed by atoms with Gasteiger partial charge in [-0.2, -0.15) is 0 Å². The second-order valence-electron chi connectivity index (χ2n) is 13.4. The number of nitrogens with zero attached hydrogens (tertiary/aromatic N) is 2. The van der Waals surface area contributed by atoms with Crippen LogP contribution < -0.4 is 0 Å². The number of hydrogen-bond donors (Lipinski definition) is 1. The van der Waals surface area contributed by atoms with Crippen molar-refractivity contribution >= 4 is 48.2 Å². The van der Waals surface area contributed by atoms with Crippen molar-refractivity contribution in [3.8, 4) is 11.3 Å². The maximum atomic E-state index is 15.4. The van der Waals surface area contributed by atoms with Crippen LogP contribution in [0.25, 0.3) is 42.3 Å². The molecule has 0 fully saturated rings. The Hall–Kier alpha value is -2.99. The first kappa shape index (κ1) is 38.5. The van der Waals surface area contributed by atoms with Gasteiger partial charge in [-0.05, 0) is 55.6 Å². The van der Waals surface area contributed by atoms with Gasteiger partial charge in [0.1, 0.15) is 6.33 Å². The molecule has 5 aromatic rings. The number of carbonyl (C=O) groups is 1. The molecule has 3 aromatic carbocycles. The average Bonchev–Trinajstić information content (AvgIpc) is 3.41. The van der Waals surface area contributed by atoms with E-state index in [2.05, 4.69) is 55.9 Å².